The molecule has 0 aliphatic rings. The molecule has 0 fully saturated rings. The van der Waals surface area contributed by atoms with Crippen molar-refractivity contribution in [1.82, 2.24) is 0 Å². The Morgan fingerprint density at radius 1 is 0.889 bits per heavy atom. The van der Waals surface area contributed by atoms with Crippen LogP contribution in [0, 0.1) is 0 Å². The molecule has 0 unspecified atom stereocenters. The van der Waals surface area contributed by atoms with Gasteiger partial charge in [0.15, 0.2) is 5.75 Å². The molecule has 8 heteroatoms. The SMILES string of the molecule is O=S(=O)(c1ccc(Cl)cc1)c1ccccc1CNc1cc(Cl)c(O)c(Cl)c1. The molecule has 140 valence electrons. The molecule has 0 aromatic heterocycles. The highest BCUT2D eigenvalue weighted by Crippen LogP contribution is 2.35. The van der Waals surface area contributed by atoms with Crippen molar-refractivity contribution in [2.24, 2.45) is 0 Å². The van der Waals surface area contributed by atoms with Crippen LogP contribution in [0.5, 0.6) is 5.75 Å². The van der Waals surface area contributed by atoms with Crippen molar-refractivity contribution >= 4 is 50.3 Å². The van der Waals surface area contributed by atoms with E-state index in [0.29, 0.717) is 16.3 Å². The van der Waals surface area contributed by atoms with Crippen LogP contribution in [-0.2, 0) is 16.4 Å². The maximum Gasteiger partial charge on any atom is 0.206 e. The fraction of sp³-hybridized carbons (Fsp3) is 0.0526. The van der Waals surface area contributed by atoms with Crippen LogP contribution in [0.2, 0.25) is 15.1 Å². The molecule has 0 saturated heterocycles. The number of phenolic OH excluding ortho intramolecular Hbond substituents is 1. The second-order valence-corrected chi connectivity index (χ2v) is 8.88. The maximum atomic E-state index is 13.0. The summed E-state index contributed by atoms with van der Waals surface area (Å²) in [6.07, 6.45) is 0. The number of benzene rings is 3. The van der Waals surface area contributed by atoms with Gasteiger partial charge < -0.3 is 10.4 Å². The molecule has 0 bridgehead atoms. The number of nitrogens with one attached hydrogen (secondary N) is 1. The molecule has 0 aliphatic carbocycles. The fourth-order valence-electron chi connectivity index (χ4n) is 2.52. The Kier molecular flexibility index (Phi) is 5.86. The number of hydrogen-bond donors (Lipinski definition) is 2. The summed E-state index contributed by atoms with van der Waals surface area (Å²) < 4.78 is 26.0. The van der Waals surface area contributed by atoms with E-state index in [9.17, 15) is 13.5 Å². The van der Waals surface area contributed by atoms with Gasteiger partial charge in [-0.3, -0.25) is 0 Å². The zero-order valence-electron chi connectivity index (χ0n) is 13.8. The zero-order chi connectivity index (χ0) is 19.6. The van der Waals surface area contributed by atoms with Crippen LogP contribution in [0.25, 0.3) is 0 Å². The summed E-state index contributed by atoms with van der Waals surface area (Å²) >= 11 is 17.7. The zero-order valence-corrected chi connectivity index (χ0v) is 16.9. The lowest BCUT2D eigenvalue weighted by atomic mass is 10.2. The monoisotopic (exact) mass is 441 g/mol. The van der Waals surface area contributed by atoms with Crippen molar-refractivity contribution in [1.29, 1.82) is 0 Å². The minimum absolute atomic E-state index is 0.104. The molecule has 27 heavy (non-hydrogen) atoms. The third kappa shape index (κ3) is 4.33. The Bertz CT molecular complexity index is 1060. The number of hydrogen-bond acceptors (Lipinski definition) is 4. The third-order valence-corrected chi connectivity index (χ3v) is 6.58. The van der Waals surface area contributed by atoms with E-state index in [2.05, 4.69) is 5.32 Å². The molecule has 0 radical (unpaired) electrons. The minimum Gasteiger partial charge on any atom is -0.505 e. The quantitative estimate of drug-likeness (QED) is 0.490. The molecule has 4 nitrogen and oxygen atoms in total. The average molecular weight is 443 g/mol. The largest absolute Gasteiger partial charge is 0.505 e. The Balaban J connectivity index is 1.91. The molecule has 0 aliphatic heterocycles. The Hall–Kier alpha value is -1.92. The van der Waals surface area contributed by atoms with Gasteiger partial charge in [0.2, 0.25) is 9.84 Å². The van der Waals surface area contributed by atoms with Gasteiger partial charge in [0.05, 0.1) is 19.8 Å². The Morgan fingerprint density at radius 2 is 1.48 bits per heavy atom. The predicted molar refractivity (Wildman–Crippen MR) is 109 cm³/mol. The Labute approximate surface area is 172 Å². The fourth-order valence-corrected chi connectivity index (χ4v) is 4.62. The van der Waals surface area contributed by atoms with E-state index >= 15 is 0 Å². The number of phenols is 1. The van der Waals surface area contributed by atoms with Gasteiger partial charge in [-0.15, -0.1) is 0 Å². The van der Waals surface area contributed by atoms with Crippen molar-refractivity contribution in [2.75, 3.05) is 5.32 Å². The summed E-state index contributed by atoms with van der Waals surface area (Å²) in [6.45, 7) is 0.223. The number of aromatic hydroxyl groups is 1. The van der Waals surface area contributed by atoms with Gasteiger partial charge in [0.25, 0.3) is 0 Å². The molecular weight excluding hydrogens is 429 g/mol. The molecule has 0 spiro atoms. The highest BCUT2D eigenvalue weighted by molar-refractivity contribution is 7.91. The highest BCUT2D eigenvalue weighted by atomic mass is 35.5. The number of anilines is 1. The van der Waals surface area contributed by atoms with E-state index < -0.39 is 9.84 Å². The van der Waals surface area contributed by atoms with Crippen molar-refractivity contribution in [2.45, 2.75) is 16.3 Å². The van der Waals surface area contributed by atoms with Gasteiger partial charge in [-0.2, -0.15) is 0 Å². The van der Waals surface area contributed by atoms with E-state index in [1.165, 1.54) is 36.4 Å². The maximum absolute atomic E-state index is 13.0. The highest BCUT2D eigenvalue weighted by Gasteiger charge is 2.21. The second-order valence-electron chi connectivity index (χ2n) is 5.71. The lowest BCUT2D eigenvalue weighted by molar-refractivity contribution is 0.476. The van der Waals surface area contributed by atoms with Crippen molar-refractivity contribution in [3.05, 3.63) is 81.3 Å². The van der Waals surface area contributed by atoms with E-state index in [-0.39, 0.29) is 32.1 Å². The second kappa shape index (κ2) is 7.98. The van der Waals surface area contributed by atoms with Gasteiger partial charge in [-0.25, -0.2) is 8.42 Å². The van der Waals surface area contributed by atoms with Gasteiger partial charge in [-0.1, -0.05) is 53.0 Å². The summed E-state index contributed by atoms with van der Waals surface area (Å²) in [6, 6.07) is 15.7. The smallest absolute Gasteiger partial charge is 0.206 e. The molecule has 0 amide bonds. The molecule has 3 aromatic carbocycles. The molecule has 0 heterocycles. The number of rotatable bonds is 5. The van der Waals surface area contributed by atoms with Crippen LogP contribution >= 0.6 is 34.8 Å². The molecule has 2 N–H and O–H groups in total. The van der Waals surface area contributed by atoms with Gasteiger partial charge >= 0.3 is 0 Å². The van der Waals surface area contributed by atoms with Gasteiger partial charge in [0.1, 0.15) is 0 Å². The molecular formula is C19H14Cl3NO3S. The third-order valence-electron chi connectivity index (χ3n) is 3.89. The standard InChI is InChI=1S/C19H14Cl3NO3S/c20-13-5-7-15(8-6-13)27(25,26)18-4-2-1-3-12(18)11-23-14-9-16(21)19(24)17(22)10-14/h1-10,23-24H,11H2. The van der Waals surface area contributed by atoms with E-state index in [1.807, 2.05) is 0 Å². The van der Waals surface area contributed by atoms with E-state index in [4.69, 9.17) is 34.8 Å². The summed E-state index contributed by atoms with van der Waals surface area (Å²) in [5, 5.41) is 13.4. The molecule has 0 saturated carbocycles. The summed E-state index contributed by atoms with van der Waals surface area (Å²) in [7, 11) is -3.70. The normalized spacial score (nSPS) is 11.4. The van der Waals surface area contributed by atoms with Crippen LogP contribution in [0.4, 0.5) is 5.69 Å². The summed E-state index contributed by atoms with van der Waals surface area (Å²) in [5.74, 6) is -0.199. The van der Waals surface area contributed by atoms with Gasteiger partial charge in [-0.05, 0) is 48.0 Å². The Morgan fingerprint density at radius 3 is 2.11 bits per heavy atom. The summed E-state index contributed by atoms with van der Waals surface area (Å²) in [5.41, 5.74) is 1.13. The van der Waals surface area contributed by atoms with E-state index in [1.54, 1.807) is 24.3 Å². The van der Waals surface area contributed by atoms with Crippen LogP contribution < -0.4 is 5.32 Å². The van der Waals surface area contributed by atoms with Crippen LogP contribution in [-0.4, -0.2) is 13.5 Å². The minimum atomic E-state index is -3.70. The number of halogens is 3. The summed E-state index contributed by atoms with van der Waals surface area (Å²) in [4.78, 5) is 0.353. The first-order chi connectivity index (χ1) is 12.8. The lowest BCUT2D eigenvalue weighted by Gasteiger charge is -2.13. The van der Waals surface area contributed by atoms with Crippen molar-refractivity contribution < 1.29 is 13.5 Å². The lowest BCUT2D eigenvalue weighted by Crippen LogP contribution is -2.09. The van der Waals surface area contributed by atoms with E-state index in [0.717, 1.165) is 0 Å². The molecule has 3 aromatic rings. The van der Waals surface area contributed by atoms with Crippen molar-refractivity contribution in [3.63, 3.8) is 0 Å². The first-order valence-corrected chi connectivity index (χ1v) is 10.4. The average Bonchev–Trinajstić information content (AvgIpc) is 2.65. The molecule has 3 rings (SSSR count). The number of sulfone groups is 1. The van der Waals surface area contributed by atoms with Crippen LogP contribution in [0.1, 0.15) is 5.56 Å². The first-order valence-electron chi connectivity index (χ1n) is 7.79. The van der Waals surface area contributed by atoms with Gasteiger partial charge in [0, 0.05) is 17.3 Å². The first kappa shape index (κ1) is 19.8. The topological polar surface area (TPSA) is 66.4 Å². The predicted octanol–water partition coefficient (Wildman–Crippen LogP) is 5.80. The van der Waals surface area contributed by atoms with Crippen LogP contribution in [0.15, 0.2) is 70.5 Å². The van der Waals surface area contributed by atoms with Crippen molar-refractivity contribution in [3.8, 4) is 5.75 Å². The molecule has 0 atom stereocenters. The van der Waals surface area contributed by atoms with Crippen LogP contribution in [0.3, 0.4) is 0 Å².